The van der Waals surface area contributed by atoms with Gasteiger partial charge in [-0.25, -0.2) is 4.39 Å². The van der Waals surface area contributed by atoms with Crippen molar-refractivity contribution in [2.24, 2.45) is 0 Å². The van der Waals surface area contributed by atoms with Crippen molar-refractivity contribution in [2.45, 2.75) is 13.0 Å². The molecular formula is C8H9ClFNO. The Hall–Kier alpha value is -0.640. The van der Waals surface area contributed by atoms with Crippen molar-refractivity contribution >= 4 is 11.6 Å². The van der Waals surface area contributed by atoms with E-state index in [0.29, 0.717) is 10.6 Å². The molecule has 1 unspecified atom stereocenters. The molecule has 0 aromatic heterocycles. The summed E-state index contributed by atoms with van der Waals surface area (Å²) in [6.45, 7) is 1.72. The van der Waals surface area contributed by atoms with Crippen LogP contribution >= 0.6 is 11.6 Å². The van der Waals surface area contributed by atoms with Gasteiger partial charge in [-0.1, -0.05) is 17.7 Å². The van der Waals surface area contributed by atoms with Crippen molar-refractivity contribution in [3.05, 3.63) is 34.6 Å². The van der Waals surface area contributed by atoms with Crippen LogP contribution in [0.3, 0.4) is 0 Å². The van der Waals surface area contributed by atoms with Crippen molar-refractivity contribution in [3.63, 3.8) is 0 Å². The third-order valence-electron chi connectivity index (χ3n) is 1.62. The molecule has 0 fully saturated rings. The summed E-state index contributed by atoms with van der Waals surface area (Å²) in [7, 11) is 0. The van der Waals surface area contributed by atoms with Crippen LogP contribution in [-0.4, -0.2) is 5.21 Å². The lowest BCUT2D eigenvalue weighted by atomic mass is 10.1. The fourth-order valence-corrected chi connectivity index (χ4v) is 1.25. The highest BCUT2D eigenvalue weighted by Gasteiger charge is 2.08. The number of hydrogen-bond acceptors (Lipinski definition) is 2. The average molecular weight is 190 g/mol. The van der Waals surface area contributed by atoms with E-state index < -0.39 is 0 Å². The summed E-state index contributed by atoms with van der Waals surface area (Å²) in [5.74, 6) is -0.381. The first-order valence-electron chi connectivity index (χ1n) is 3.49. The first kappa shape index (κ1) is 9.45. The number of hydroxylamine groups is 1. The molecule has 12 heavy (non-hydrogen) atoms. The van der Waals surface area contributed by atoms with E-state index >= 15 is 0 Å². The zero-order valence-electron chi connectivity index (χ0n) is 6.51. The van der Waals surface area contributed by atoms with Crippen LogP contribution in [0.25, 0.3) is 0 Å². The monoisotopic (exact) mass is 189 g/mol. The van der Waals surface area contributed by atoms with Crippen LogP contribution in [0.4, 0.5) is 4.39 Å². The van der Waals surface area contributed by atoms with Crippen LogP contribution in [0.1, 0.15) is 18.5 Å². The Morgan fingerprint density at radius 1 is 1.58 bits per heavy atom. The third-order valence-corrected chi connectivity index (χ3v) is 1.95. The van der Waals surface area contributed by atoms with E-state index in [4.69, 9.17) is 16.8 Å². The minimum absolute atomic E-state index is 0.293. The number of benzene rings is 1. The van der Waals surface area contributed by atoms with Crippen molar-refractivity contribution < 1.29 is 9.60 Å². The fourth-order valence-electron chi connectivity index (χ4n) is 0.922. The van der Waals surface area contributed by atoms with Gasteiger partial charge in [-0.2, -0.15) is 5.48 Å². The van der Waals surface area contributed by atoms with Crippen LogP contribution < -0.4 is 5.48 Å². The lowest BCUT2D eigenvalue weighted by Crippen LogP contribution is -2.13. The van der Waals surface area contributed by atoms with Gasteiger partial charge in [-0.3, -0.25) is 0 Å². The van der Waals surface area contributed by atoms with E-state index in [1.165, 1.54) is 18.2 Å². The predicted octanol–water partition coefficient (Wildman–Crippen LogP) is 2.52. The maximum atomic E-state index is 12.5. The van der Waals surface area contributed by atoms with Gasteiger partial charge in [0, 0.05) is 5.02 Å². The SMILES string of the molecule is CC(NO)c1ccc(F)cc1Cl. The van der Waals surface area contributed by atoms with Crippen LogP contribution in [-0.2, 0) is 0 Å². The van der Waals surface area contributed by atoms with Crippen LogP contribution in [0.5, 0.6) is 0 Å². The Morgan fingerprint density at radius 2 is 2.25 bits per heavy atom. The quantitative estimate of drug-likeness (QED) is 0.701. The molecule has 2 N–H and O–H groups in total. The highest BCUT2D eigenvalue weighted by atomic mass is 35.5. The molecule has 66 valence electrons. The molecule has 1 rings (SSSR count). The summed E-state index contributed by atoms with van der Waals surface area (Å²) in [4.78, 5) is 0. The van der Waals surface area contributed by atoms with E-state index in [-0.39, 0.29) is 11.9 Å². The number of nitrogens with one attached hydrogen (secondary N) is 1. The van der Waals surface area contributed by atoms with Gasteiger partial charge in [0.05, 0.1) is 6.04 Å². The minimum atomic E-state index is -0.381. The van der Waals surface area contributed by atoms with E-state index in [9.17, 15) is 4.39 Å². The summed E-state index contributed by atoms with van der Waals surface area (Å²) < 4.78 is 12.5. The zero-order valence-corrected chi connectivity index (χ0v) is 7.27. The van der Waals surface area contributed by atoms with Gasteiger partial charge in [0.15, 0.2) is 0 Å². The summed E-state index contributed by atoms with van der Waals surface area (Å²) in [5.41, 5.74) is 2.70. The first-order valence-corrected chi connectivity index (χ1v) is 3.87. The molecule has 0 aliphatic rings. The van der Waals surface area contributed by atoms with Gasteiger partial charge >= 0.3 is 0 Å². The maximum Gasteiger partial charge on any atom is 0.124 e. The number of hydrogen-bond donors (Lipinski definition) is 2. The molecular weight excluding hydrogens is 181 g/mol. The molecule has 0 saturated carbocycles. The Morgan fingerprint density at radius 3 is 2.75 bits per heavy atom. The number of halogens is 2. The summed E-state index contributed by atoms with van der Waals surface area (Å²) in [5, 5.41) is 8.89. The Kier molecular flexibility index (Phi) is 3.03. The predicted molar refractivity (Wildman–Crippen MR) is 44.7 cm³/mol. The molecule has 1 aromatic carbocycles. The van der Waals surface area contributed by atoms with E-state index in [0.717, 1.165) is 0 Å². The fraction of sp³-hybridized carbons (Fsp3) is 0.250. The molecule has 4 heteroatoms. The van der Waals surface area contributed by atoms with Crippen molar-refractivity contribution in [1.29, 1.82) is 0 Å². The molecule has 1 atom stereocenters. The van der Waals surface area contributed by atoms with Crippen molar-refractivity contribution in [1.82, 2.24) is 5.48 Å². The van der Waals surface area contributed by atoms with E-state index in [2.05, 4.69) is 0 Å². The molecule has 0 heterocycles. The highest BCUT2D eigenvalue weighted by molar-refractivity contribution is 6.31. The topological polar surface area (TPSA) is 32.3 Å². The molecule has 0 aliphatic heterocycles. The third kappa shape index (κ3) is 1.94. The van der Waals surface area contributed by atoms with Crippen molar-refractivity contribution in [3.8, 4) is 0 Å². The molecule has 0 radical (unpaired) electrons. The standard InChI is InChI=1S/C8H9ClFNO/c1-5(11-12)7-3-2-6(10)4-8(7)9/h2-5,11-12H,1H3. The second kappa shape index (κ2) is 3.85. The van der Waals surface area contributed by atoms with Crippen LogP contribution in [0.15, 0.2) is 18.2 Å². The zero-order chi connectivity index (χ0) is 9.14. The Bertz CT molecular complexity index is 280. The van der Waals surface area contributed by atoms with E-state index in [1.54, 1.807) is 6.92 Å². The molecule has 2 nitrogen and oxygen atoms in total. The Labute approximate surface area is 74.9 Å². The lowest BCUT2D eigenvalue weighted by molar-refractivity contribution is 0.133. The minimum Gasteiger partial charge on any atom is -0.316 e. The molecule has 0 saturated heterocycles. The average Bonchev–Trinajstić information content (AvgIpc) is 2.03. The molecule has 0 aliphatic carbocycles. The Balaban J connectivity index is 3.01. The first-order chi connectivity index (χ1) is 5.65. The molecule has 1 aromatic rings. The lowest BCUT2D eigenvalue weighted by Gasteiger charge is -2.10. The van der Waals surface area contributed by atoms with Gasteiger partial charge in [0.25, 0.3) is 0 Å². The summed E-state index contributed by atoms with van der Waals surface area (Å²) in [6, 6.07) is 3.75. The number of rotatable bonds is 2. The van der Waals surface area contributed by atoms with Gasteiger partial charge in [-0.15, -0.1) is 0 Å². The van der Waals surface area contributed by atoms with Gasteiger partial charge in [0.2, 0.25) is 0 Å². The van der Waals surface area contributed by atoms with Gasteiger partial charge in [0.1, 0.15) is 5.82 Å². The normalized spacial score (nSPS) is 13.0. The largest absolute Gasteiger partial charge is 0.316 e. The van der Waals surface area contributed by atoms with Crippen LogP contribution in [0, 0.1) is 5.82 Å². The molecule has 0 bridgehead atoms. The second-order valence-electron chi connectivity index (χ2n) is 2.52. The molecule has 0 amide bonds. The smallest absolute Gasteiger partial charge is 0.124 e. The van der Waals surface area contributed by atoms with Gasteiger partial charge < -0.3 is 5.21 Å². The van der Waals surface area contributed by atoms with E-state index in [1.807, 2.05) is 5.48 Å². The van der Waals surface area contributed by atoms with Gasteiger partial charge in [-0.05, 0) is 24.6 Å². The second-order valence-corrected chi connectivity index (χ2v) is 2.92. The highest BCUT2D eigenvalue weighted by Crippen LogP contribution is 2.22. The summed E-state index contributed by atoms with van der Waals surface area (Å²) in [6.07, 6.45) is 0. The summed E-state index contributed by atoms with van der Waals surface area (Å²) >= 11 is 5.71. The molecule has 0 spiro atoms. The van der Waals surface area contributed by atoms with Crippen molar-refractivity contribution in [2.75, 3.05) is 0 Å². The maximum absolute atomic E-state index is 12.5. The van der Waals surface area contributed by atoms with Crippen LogP contribution in [0.2, 0.25) is 5.02 Å².